The van der Waals surface area contributed by atoms with E-state index in [1.165, 1.54) is 12.1 Å². The quantitative estimate of drug-likeness (QED) is 0.480. The number of nitrogens with one attached hydrogen (secondary N) is 1. The van der Waals surface area contributed by atoms with Crippen molar-refractivity contribution in [1.82, 2.24) is 30.2 Å². The number of piperidine rings is 1. The van der Waals surface area contributed by atoms with Crippen LogP contribution in [0.15, 0.2) is 73.4 Å². The third-order valence-corrected chi connectivity index (χ3v) is 6.24. The normalized spacial score (nSPS) is 15.1. The van der Waals surface area contributed by atoms with E-state index < -0.39 is 6.04 Å². The largest absolute Gasteiger partial charge is 0.343 e. The van der Waals surface area contributed by atoms with Crippen LogP contribution >= 0.6 is 0 Å². The van der Waals surface area contributed by atoms with Crippen LogP contribution in [-0.2, 0) is 4.79 Å². The summed E-state index contributed by atoms with van der Waals surface area (Å²) in [4.78, 5) is 44.9. The first-order valence-corrected chi connectivity index (χ1v) is 11.4. The number of likely N-dealkylation sites (tertiary alicyclic amines) is 1. The summed E-state index contributed by atoms with van der Waals surface area (Å²) in [5.74, 6) is -0.812. The minimum Gasteiger partial charge on any atom is -0.343 e. The Balaban J connectivity index is 1.25. The fourth-order valence-electron chi connectivity index (χ4n) is 4.33. The molecule has 0 saturated carbocycles. The van der Waals surface area contributed by atoms with Gasteiger partial charge in [-0.3, -0.25) is 29.5 Å². The number of carbonyl (C=O) groups is 2. The van der Waals surface area contributed by atoms with Crippen LogP contribution < -0.4 is 5.32 Å². The molecule has 1 aliphatic heterocycles. The summed E-state index contributed by atoms with van der Waals surface area (Å²) in [6.07, 6.45) is 9.00. The Morgan fingerprint density at radius 1 is 0.914 bits per heavy atom. The molecule has 0 radical (unpaired) electrons. The van der Waals surface area contributed by atoms with Gasteiger partial charge in [0.15, 0.2) is 0 Å². The Bertz CT molecular complexity index is 1340. The van der Waals surface area contributed by atoms with Crippen LogP contribution in [0.4, 0.5) is 4.39 Å². The van der Waals surface area contributed by atoms with Crippen LogP contribution in [-0.4, -0.2) is 49.7 Å². The molecule has 2 aromatic carbocycles. The van der Waals surface area contributed by atoms with Crippen molar-refractivity contribution in [3.05, 3.63) is 96.1 Å². The number of benzene rings is 2. The van der Waals surface area contributed by atoms with Gasteiger partial charge in [-0.2, -0.15) is 0 Å². The van der Waals surface area contributed by atoms with Gasteiger partial charge < -0.3 is 10.2 Å². The number of rotatable bonds is 5. The maximum Gasteiger partial charge on any atom is 0.253 e. The Labute approximate surface area is 201 Å². The molecule has 0 bridgehead atoms. The van der Waals surface area contributed by atoms with E-state index in [1.807, 2.05) is 0 Å². The number of nitrogens with zero attached hydrogens (tertiary/aromatic N) is 5. The van der Waals surface area contributed by atoms with Crippen molar-refractivity contribution >= 4 is 22.8 Å². The van der Waals surface area contributed by atoms with Gasteiger partial charge in [-0.25, -0.2) is 4.39 Å². The summed E-state index contributed by atoms with van der Waals surface area (Å²) in [5.41, 5.74) is 3.24. The van der Waals surface area contributed by atoms with Crippen molar-refractivity contribution in [2.45, 2.75) is 18.9 Å². The van der Waals surface area contributed by atoms with Crippen LogP contribution in [0.25, 0.3) is 11.0 Å². The molecule has 1 N–H and O–H groups in total. The zero-order chi connectivity index (χ0) is 24.2. The summed E-state index contributed by atoms with van der Waals surface area (Å²) in [5, 5.41) is 3.05. The molecule has 2 amide bonds. The van der Waals surface area contributed by atoms with Crippen molar-refractivity contribution < 1.29 is 14.0 Å². The molecular formula is C26H23FN6O2. The Kier molecular flexibility index (Phi) is 6.38. The highest BCUT2D eigenvalue weighted by Gasteiger charge is 2.30. The summed E-state index contributed by atoms with van der Waals surface area (Å²) in [6.45, 7) is 0.948. The van der Waals surface area contributed by atoms with Crippen molar-refractivity contribution in [2.24, 2.45) is 5.92 Å². The number of carbonyl (C=O) groups excluding carboxylic acids is 2. The first kappa shape index (κ1) is 22.5. The number of hydrogen-bond acceptors (Lipinski definition) is 6. The maximum atomic E-state index is 13.5. The molecule has 2 aromatic heterocycles. The van der Waals surface area contributed by atoms with Crippen LogP contribution in [0, 0.1) is 11.7 Å². The monoisotopic (exact) mass is 470 g/mol. The van der Waals surface area contributed by atoms with E-state index in [4.69, 9.17) is 0 Å². The Hall–Kier alpha value is -4.27. The molecule has 1 fully saturated rings. The first-order valence-electron chi connectivity index (χ1n) is 11.4. The van der Waals surface area contributed by atoms with Gasteiger partial charge >= 0.3 is 0 Å². The third-order valence-electron chi connectivity index (χ3n) is 6.24. The molecule has 1 atom stereocenters. The Morgan fingerprint density at radius 2 is 1.63 bits per heavy atom. The fourth-order valence-corrected chi connectivity index (χ4v) is 4.33. The van der Waals surface area contributed by atoms with Gasteiger partial charge in [-0.15, -0.1) is 0 Å². The highest BCUT2D eigenvalue weighted by Crippen LogP contribution is 2.24. The van der Waals surface area contributed by atoms with E-state index in [-0.39, 0.29) is 23.5 Å². The lowest BCUT2D eigenvalue weighted by atomic mass is 9.94. The predicted octanol–water partition coefficient (Wildman–Crippen LogP) is 3.32. The molecule has 8 nitrogen and oxygen atoms in total. The molecule has 0 aliphatic carbocycles. The van der Waals surface area contributed by atoms with Crippen molar-refractivity contribution in [3.63, 3.8) is 0 Å². The highest BCUT2D eigenvalue weighted by atomic mass is 19.1. The SMILES string of the molecule is O=C(NC(c1ccc(F)cc1)c1cnccn1)C1CCN(C(=O)c2ccc3nccnc3c2)CC1. The minimum absolute atomic E-state index is 0.0832. The van der Waals surface area contributed by atoms with Gasteiger partial charge in [0.05, 0.1) is 29.0 Å². The lowest BCUT2D eigenvalue weighted by molar-refractivity contribution is -0.126. The zero-order valence-electron chi connectivity index (χ0n) is 18.8. The van der Waals surface area contributed by atoms with Gasteiger partial charge in [0.25, 0.3) is 5.91 Å². The van der Waals surface area contributed by atoms with Gasteiger partial charge in [0, 0.05) is 49.4 Å². The Morgan fingerprint density at radius 3 is 2.34 bits per heavy atom. The van der Waals surface area contributed by atoms with E-state index in [2.05, 4.69) is 25.3 Å². The molecule has 1 saturated heterocycles. The number of amides is 2. The molecular weight excluding hydrogens is 447 g/mol. The van der Waals surface area contributed by atoms with E-state index in [0.717, 1.165) is 5.52 Å². The van der Waals surface area contributed by atoms with Gasteiger partial charge in [0.2, 0.25) is 5.91 Å². The topological polar surface area (TPSA) is 101 Å². The minimum atomic E-state index is -0.546. The zero-order valence-corrected chi connectivity index (χ0v) is 18.8. The highest BCUT2D eigenvalue weighted by molar-refractivity contribution is 5.97. The molecule has 176 valence electrons. The maximum absolute atomic E-state index is 13.5. The van der Waals surface area contributed by atoms with Gasteiger partial charge in [0.1, 0.15) is 5.82 Å². The first-order chi connectivity index (χ1) is 17.1. The van der Waals surface area contributed by atoms with Gasteiger partial charge in [-0.05, 0) is 48.7 Å². The molecule has 9 heteroatoms. The summed E-state index contributed by atoms with van der Waals surface area (Å²) >= 11 is 0. The molecule has 3 heterocycles. The standard InChI is InChI=1S/C26H23FN6O2/c27-20-4-1-17(2-5-20)24(23-16-28-9-10-31-23)32-25(34)18-7-13-33(14-8-18)26(35)19-3-6-21-22(15-19)30-12-11-29-21/h1-6,9-12,15-16,18,24H,7-8,13-14H2,(H,32,34). The average Bonchev–Trinajstić information content (AvgIpc) is 2.92. The smallest absolute Gasteiger partial charge is 0.253 e. The molecule has 0 spiro atoms. The van der Waals surface area contributed by atoms with Crippen LogP contribution in [0.3, 0.4) is 0 Å². The lowest BCUT2D eigenvalue weighted by Crippen LogP contribution is -2.44. The van der Waals surface area contributed by atoms with Crippen molar-refractivity contribution in [1.29, 1.82) is 0 Å². The summed E-state index contributed by atoms with van der Waals surface area (Å²) in [7, 11) is 0. The molecule has 4 aromatic rings. The van der Waals surface area contributed by atoms with Crippen molar-refractivity contribution in [2.75, 3.05) is 13.1 Å². The summed E-state index contributed by atoms with van der Waals surface area (Å²) < 4.78 is 13.5. The van der Waals surface area contributed by atoms with Crippen LogP contribution in [0.2, 0.25) is 0 Å². The predicted molar refractivity (Wildman–Crippen MR) is 127 cm³/mol. The van der Waals surface area contributed by atoms with E-state index in [1.54, 1.807) is 66.2 Å². The molecule has 5 rings (SSSR count). The van der Waals surface area contributed by atoms with Crippen LogP contribution in [0.5, 0.6) is 0 Å². The number of halogens is 1. The second-order valence-electron chi connectivity index (χ2n) is 8.45. The number of fused-ring (bicyclic) bond motifs is 1. The molecule has 1 aliphatic rings. The summed E-state index contributed by atoms with van der Waals surface area (Å²) in [6, 6.07) is 10.7. The third kappa shape index (κ3) is 4.98. The molecule has 1 unspecified atom stereocenters. The number of aromatic nitrogens is 4. The second kappa shape index (κ2) is 9.92. The van der Waals surface area contributed by atoms with E-state index >= 15 is 0 Å². The van der Waals surface area contributed by atoms with Gasteiger partial charge in [-0.1, -0.05) is 12.1 Å². The number of hydrogen-bond donors (Lipinski definition) is 1. The van der Waals surface area contributed by atoms with Crippen LogP contribution in [0.1, 0.15) is 40.5 Å². The molecule has 35 heavy (non-hydrogen) atoms. The second-order valence-corrected chi connectivity index (χ2v) is 8.45. The van der Waals surface area contributed by atoms with Crippen molar-refractivity contribution in [3.8, 4) is 0 Å². The van der Waals surface area contributed by atoms with E-state index in [0.29, 0.717) is 48.3 Å². The lowest BCUT2D eigenvalue weighted by Gasteiger charge is -2.32. The van der Waals surface area contributed by atoms with E-state index in [9.17, 15) is 14.0 Å². The average molecular weight is 471 g/mol. The fraction of sp³-hybridized carbons (Fsp3) is 0.231.